The van der Waals surface area contributed by atoms with Crippen molar-refractivity contribution in [3.8, 4) is 0 Å². The maximum Gasteiger partial charge on any atom is 0.264 e. The van der Waals surface area contributed by atoms with E-state index in [9.17, 15) is 13.2 Å². The quantitative estimate of drug-likeness (QED) is 0.466. The number of para-hydroxylation sites is 1. The topological polar surface area (TPSA) is 66.5 Å². The molecule has 0 fully saturated rings. The van der Waals surface area contributed by atoms with Crippen LogP contribution in [0.15, 0.2) is 71.6 Å². The van der Waals surface area contributed by atoms with Crippen molar-refractivity contribution in [1.82, 2.24) is 0 Å². The van der Waals surface area contributed by atoms with E-state index in [2.05, 4.69) is 5.32 Å². The zero-order chi connectivity index (χ0) is 23.5. The summed E-state index contributed by atoms with van der Waals surface area (Å²) >= 11 is 6.18. The van der Waals surface area contributed by atoms with Crippen LogP contribution in [0.2, 0.25) is 5.02 Å². The fourth-order valence-corrected chi connectivity index (χ4v) is 5.19. The van der Waals surface area contributed by atoms with Crippen molar-refractivity contribution in [2.45, 2.75) is 38.5 Å². The summed E-state index contributed by atoms with van der Waals surface area (Å²) < 4.78 is 28.2. The number of aryl methyl sites for hydroxylation is 2. The van der Waals surface area contributed by atoms with Gasteiger partial charge in [-0.15, -0.1) is 0 Å². The van der Waals surface area contributed by atoms with E-state index in [1.807, 2.05) is 39.0 Å². The van der Waals surface area contributed by atoms with E-state index in [-0.39, 0.29) is 17.4 Å². The number of benzene rings is 3. The highest BCUT2D eigenvalue weighted by molar-refractivity contribution is 7.92. The van der Waals surface area contributed by atoms with Crippen LogP contribution in [-0.2, 0) is 14.8 Å². The van der Waals surface area contributed by atoms with Crippen molar-refractivity contribution in [3.63, 3.8) is 0 Å². The van der Waals surface area contributed by atoms with Crippen molar-refractivity contribution >= 4 is 38.9 Å². The van der Waals surface area contributed by atoms with Crippen LogP contribution in [-0.4, -0.2) is 20.9 Å². The summed E-state index contributed by atoms with van der Waals surface area (Å²) in [5, 5.41) is 3.33. The highest BCUT2D eigenvalue weighted by Crippen LogP contribution is 2.31. The summed E-state index contributed by atoms with van der Waals surface area (Å²) in [5.41, 5.74) is 3.69. The van der Waals surface area contributed by atoms with Crippen molar-refractivity contribution in [3.05, 3.63) is 88.4 Å². The number of rotatable bonds is 7. The van der Waals surface area contributed by atoms with Crippen LogP contribution in [0.3, 0.4) is 0 Å². The van der Waals surface area contributed by atoms with Crippen LogP contribution in [0.5, 0.6) is 0 Å². The molecule has 0 saturated heterocycles. The van der Waals surface area contributed by atoms with Crippen molar-refractivity contribution in [2.75, 3.05) is 16.2 Å². The van der Waals surface area contributed by atoms with Crippen LogP contribution in [0.4, 0.5) is 11.4 Å². The molecule has 0 radical (unpaired) electrons. The maximum atomic E-state index is 13.5. The van der Waals surface area contributed by atoms with Crippen LogP contribution < -0.4 is 9.62 Å². The molecule has 0 aliphatic rings. The van der Waals surface area contributed by atoms with Gasteiger partial charge in [-0.25, -0.2) is 8.42 Å². The second-order valence-corrected chi connectivity index (χ2v) is 10.3. The molecule has 1 N–H and O–H groups in total. The molecular formula is C25H27ClN2O3S. The Morgan fingerprint density at radius 1 is 0.969 bits per heavy atom. The number of amides is 1. The fraction of sp³-hybridized carbons (Fsp3) is 0.240. The number of carbonyl (C=O) groups excluding carboxylic acids is 1. The molecule has 3 rings (SSSR count). The van der Waals surface area contributed by atoms with Crippen molar-refractivity contribution < 1.29 is 13.2 Å². The van der Waals surface area contributed by atoms with Gasteiger partial charge in [0.1, 0.15) is 6.54 Å². The average molecular weight is 471 g/mol. The first kappa shape index (κ1) is 23.8. The van der Waals surface area contributed by atoms with Crippen molar-refractivity contribution in [1.29, 1.82) is 0 Å². The fourth-order valence-electron chi connectivity index (χ4n) is 3.52. The summed E-state index contributed by atoms with van der Waals surface area (Å²) in [6.07, 6.45) is 0. The third kappa shape index (κ3) is 5.14. The molecular weight excluding hydrogens is 444 g/mol. The van der Waals surface area contributed by atoms with Gasteiger partial charge in [0.2, 0.25) is 5.91 Å². The standard InChI is InChI=1S/C25H27ClN2O3S/c1-17(2)22-12-8-9-19(4)25(22)27-24(29)16-28(23-15-20(26)14-13-18(23)3)32(30,31)21-10-6-5-7-11-21/h5-15,17H,16H2,1-4H3,(H,27,29). The molecule has 32 heavy (non-hydrogen) atoms. The summed E-state index contributed by atoms with van der Waals surface area (Å²) in [4.78, 5) is 13.2. The van der Waals surface area contributed by atoms with Gasteiger partial charge in [-0.05, 0) is 60.7 Å². The third-order valence-electron chi connectivity index (χ3n) is 5.25. The predicted octanol–water partition coefficient (Wildman–Crippen LogP) is 5.91. The Hall–Kier alpha value is -2.83. The molecule has 3 aromatic carbocycles. The second-order valence-electron chi connectivity index (χ2n) is 8.00. The molecule has 168 valence electrons. The molecule has 7 heteroatoms. The monoisotopic (exact) mass is 470 g/mol. The third-order valence-corrected chi connectivity index (χ3v) is 7.26. The van der Waals surface area contributed by atoms with Crippen molar-refractivity contribution in [2.24, 2.45) is 0 Å². The van der Waals surface area contributed by atoms with Gasteiger partial charge in [-0.1, -0.05) is 67.9 Å². The molecule has 0 aliphatic carbocycles. The minimum atomic E-state index is -4.00. The number of nitrogens with zero attached hydrogens (tertiary/aromatic N) is 1. The highest BCUT2D eigenvalue weighted by Gasteiger charge is 2.29. The zero-order valence-corrected chi connectivity index (χ0v) is 20.2. The molecule has 0 saturated carbocycles. The first-order chi connectivity index (χ1) is 15.1. The molecule has 0 spiro atoms. The molecule has 0 aliphatic heterocycles. The molecule has 0 atom stereocenters. The van der Waals surface area contributed by atoms with Crippen LogP contribution in [0, 0.1) is 13.8 Å². The average Bonchev–Trinajstić information content (AvgIpc) is 2.75. The number of hydrogen-bond donors (Lipinski definition) is 1. The lowest BCUT2D eigenvalue weighted by Gasteiger charge is -2.26. The Labute approximate surface area is 195 Å². The summed E-state index contributed by atoms with van der Waals surface area (Å²) in [5.74, 6) is -0.232. The first-order valence-corrected chi connectivity index (χ1v) is 12.2. The van der Waals surface area contributed by atoms with Gasteiger partial charge >= 0.3 is 0 Å². The Kier molecular flexibility index (Phi) is 7.26. The minimum absolute atomic E-state index is 0.103. The number of halogens is 1. The smallest absolute Gasteiger partial charge is 0.264 e. The molecule has 0 unspecified atom stereocenters. The van der Waals surface area contributed by atoms with E-state index in [1.165, 1.54) is 12.1 Å². The van der Waals surface area contributed by atoms with E-state index >= 15 is 0 Å². The molecule has 0 heterocycles. The Bertz CT molecular complexity index is 1230. The van der Waals surface area contributed by atoms with Gasteiger partial charge in [0.15, 0.2) is 0 Å². The number of hydrogen-bond acceptors (Lipinski definition) is 3. The summed E-state index contributed by atoms with van der Waals surface area (Å²) in [6.45, 7) is 7.42. The lowest BCUT2D eigenvalue weighted by Crippen LogP contribution is -2.38. The second kappa shape index (κ2) is 9.76. The SMILES string of the molecule is Cc1ccc(Cl)cc1N(CC(=O)Nc1c(C)cccc1C(C)C)S(=O)(=O)c1ccccc1. The molecule has 0 bridgehead atoms. The lowest BCUT2D eigenvalue weighted by molar-refractivity contribution is -0.114. The highest BCUT2D eigenvalue weighted by atomic mass is 35.5. The van der Waals surface area contributed by atoms with E-state index in [1.54, 1.807) is 43.3 Å². The lowest BCUT2D eigenvalue weighted by atomic mass is 9.98. The molecule has 1 amide bonds. The van der Waals surface area contributed by atoms with E-state index in [0.29, 0.717) is 22.0 Å². The zero-order valence-electron chi connectivity index (χ0n) is 18.6. The number of anilines is 2. The van der Waals surface area contributed by atoms with Gasteiger partial charge < -0.3 is 5.32 Å². The maximum absolute atomic E-state index is 13.5. The van der Waals surface area contributed by atoms with Crippen LogP contribution >= 0.6 is 11.6 Å². The van der Waals surface area contributed by atoms with E-state index in [4.69, 9.17) is 11.6 Å². The van der Waals surface area contributed by atoms with Gasteiger partial charge in [0, 0.05) is 10.7 Å². The molecule has 3 aromatic rings. The molecule has 0 aromatic heterocycles. The molecule has 5 nitrogen and oxygen atoms in total. The Morgan fingerprint density at radius 3 is 2.31 bits per heavy atom. The Balaban J connectivity index is 2.03. The van der Waals surface area contributed by atoms with Gasteiger partial charge in [0.25, 0.3) is 10.0 Å². The van der Waals surface area contributed by atoms with Crippen LogP contribution in [0.25, 0.3) is 0 Å². The number of nitrogens with one attached hydrogen (secondary N) is 1. The summed E-state index contributed by atoms with van der Waals surface area (Å²) in [6, 6.07) is 18.9. The van der Waals surface area contributed by atoms with Gasteiger partial charge in [-0.3, -0.25) is 9.10 Å². The minimum Gasteiger partial charge on any atom is -0.324 e. The number of carbonyl (C=O) groups is 1. The predicted molar refractivity (Wildman–Crippen MR) is 131 cm³/mol. The number of sulfonamides is 1. The normalized spacial score (nSPS) is 11.4. The Morgan fingerprint density at radius 2 is 1.66 bits per heavy atom. The van der Waals surface area contributed by atoms with Gasteiger partial charge in [-0.2, -0.15) is 0 Å². The summed E-state index contributed by atoms with van der Waals surface area (Å²) in [7, 11) is -4.00. The van der Waals surface area contributed by atoms with E-state index in [0.717, 1.165) is 15.4 Å². The first-order valence-electron chi connectivity index (χ1n) is 10.3. The van der Waals surface area contributed by atoms with Crippen LogP contribution in [0.1, 0.15) is 36.5 Å². The van der Waals surface area contributed by atoms with E-state index < -0.39 is 15.9 Å². The largest absolute Gasteiger partial charge is 0.324 e. The van der Waals surface area contributed by atoms with Gasteiger partial charge in [0.05, 0.1) is 10.6 Å².